The minimum atomic E-state index is -0.346. The molecule has 31 heavy (non-hydrogen) atoms. The molecule has 2 atom stereocenters. The van der Waals surface area contributed by atoms with Crippen molar-refractivity contribution in [2.75, 3.05) is 19.6 Å². The molecule has 0 bridgehead atoms. The largest absolute Gasteiger partial charge is 0.460 e. The molecule has 0 spiro atoms. The summed E-state index contributed by atoms with van der Waals surface area (Å²) in [6.07, 6.45) is 3.73. The number of aromatic nitrogens is 1. The van der Waals surface area contributed by atoms with Crippen molar-refractivity contribution >= 4 is 27.8 Å². The molecule has 1 saturated heterocycles. The van der Waals surface area contributed by atoms with E-state index in [9.17, 15) is 4.79 Å². The number of hydrogen-bond donors (Lipinski definition) is 4. The average molecular weight is 417 g/mol. The summed E-state index contributed by atoms with van der Waals surface area (Å²) in [5.41, 5.74) is 3.09. The third-order valence-corrected chi connectivity index (χ3v) is 6.14. The maximum Gasteiger partial charge on any atom is 0.237 e. The Morgan fingerprint density at radius 3 is 2.90 bits per heavy atom. The number of hydrogen-bond acceptors (Lipinski definition) is 4. The third kappa shape index (κ3) is 4.50. The van der Waals surface area contributed by atoms with Crippen LogP contribution in [0.25, 0.3) is 21.9 Å². The van der Waals surface area contributed by atoms with Crippen molar-refractivity contribution in [1.29, 1.82) is 0 Å². The fraction of sp³-hybridized carbons (Fsp3) is 0.320. The molecule has 6 nitrogen and oxygen atoms in total. The van der Waals surface area contributed by atoms with Crippen LogP contribution in [0.1, 0.15) is 17.7 Å². The van der Waals surface area contributed by atoms with E-state index in [-0.39, 0.29) is 11.9 Å². The molecule has 2 unspecified atom stereocenters. The Morgan fingerprint density at radius 1 is 1.16 bits per heavy atom. The van der Waals surface area contributed by atoms with Crippen molar-refractivity contribution in [2.45, 2.75) is 25.4 Å². The van der Waals surface area contributed by atoms with Gasteiger partial charge in [-0.25, -0.2) is 0 Å². The number of fused-ring (bicyclic) bond motifs is 2. The van der Waals surface area contributed by atoms with Gasteiger partial charge >= 0.3 is 0 Å². The van der Waals surface area contributed by atoms with Gasteiger partial charge in [-0.1, -0.05) is 36.4 Å². The van der Waals surface area contributed by atoms with Gasteiger partial charge in [0.05, 0.1) is 12.6 Å². The van der Waals surface area contributed by atoms with E-state index in [2.05, 4.69) is 33.1 Å². The second-order valence-corrected chi connectivity index (χ2v) is 8.35. The van der Waals surface area contributed by atoms with E-state index in [1.165, 1.54) is 0 Å². The molecule has 160 valence electrons. The lowest BCUT2D eigenvalue weighted by Gasteiger charge is -2.19. The molecule has 6 heteroatoms. The van der Waals surface area contributed by atoms with Crippen LogP contribution in [0.5, 0.6) is 0 Å². The van der Waals surface area contributed by atoms with Crippen molar-refractivity contribution < 1.29 is 9.21 Å². The zero-order chi connectivity index (χ0) is 21.0. The maximum atomic E-state index is 13.1. The van der Waals surface area contributed by atoms with Crippen LogP contribution in [0.4, 0.5) is 0 Å². The second kappa shape index (κ2) is 8.96. The van der Waals surface area contributed by atoms with Crippen molar-refractivity contribution in [1.82, 2.24) is 20.9 Å². The Labute approximate surface area is 181 Å². The Hall–Kier alpha value is -3.09. The first-order valence-corrected chi connectivity index (χ1v) is 11.0. The lowest BCUT2D eigenvalue weighted by atomic mass is 10.0. The van der Waals surface area contributed by atoms with Gasteiger partial charge in [0.2, 0.25) is 5.91 Å². The normalized spacial score (nSPS) is 17.4. The Balaban J connectivity index is 1.31. The summed E-state index contributed by atoms with van der Waals surface area (Å²) in [4.78, 5) is 16.4. The number of para-hydroxylation sites is 2. The average Bonchev–Trinajstić information content (AvgIpc) is 3.54. The van der Waals surface area contributed by atoms with Gasteiger partial charge in [-0.2, -0.15) is 0 Å². The molecule has 2 aromatic heterocycles. The number of benzene rings is 2. The van der Waals surface area contributed by atoms with Gasteiger partial charge in [-0.15, -0.1) is 0 Å². The lowest BCUT2D eigenvalue weighted by molar-refractivity contribution is -0.123. The number of aromatic amines is 1. The molecule has 4 N–H and O–H groups in total. The molecule has 1 aliphatic rings. The van der Waals surface area contributed by atoms with Gasteiger partial charge in [0.15, 0.2) is 0 Å². The van der Waals surface area contributed by atoms with Gasteiger partial charge < -0.3 is 20.0 Å². The molecular formula is C25H28N4O2. The molecule has 1 aliphatic heterocycles. The number of carbonyl (C=O) groups excluding carboxylic acids is 1. The highest BCUT2D eigenvalue weighted by atomic mass is 16.3. The summed E-state index contributed by atoms with van der Waals surface area (Å²) in [6.45, 7) is 3.21. The van der Waals surface area contributed by atoms with Crippen molar-refractivity contribution in [3.63, 3.8) is 0 Å². The quantitative estimate of drug-likeness (QED) is 0.355. The zero-order valence-electron chi connectivity index (χ0n) is 17.5. The van der Waals surface area contributed by atoms with Gasteiger partial charge in [-0.3, -0.25) is 10.1 Å². The molecular weight excluding hydrogens is 388 g/mol. The van der Waals surface area contributed by atoms with E-state index >= 15 is 0 Å². The fourth-order valence-corrected chi connectivity index (χ4v) is 4.38. The van der Waals surface area contributed by atoms with Crippen LogP contribution in [0.15, 0.2) is 65.2 Å². The van der Waals surface area contributed by atoms with E-state index in [1.54, 1.807) is 0 Å². The van der Waals surface area contributed by atoms with Crippen molar-refractivity contribution in [2.24, 2.45) is 5.92 Å². The van der Waals surface area contributed by atoms with E-state index in [1.807, 2.05) is 48.7 Å². The molecule has 4 aromatic rings. The smallest absolute Gasteiger partial charge is 0.237 e. The molecule has 0 aliphatic carbocycles. The standard InChI is InChI=1S/C25H28N4O2/c30-25(29-14-17-9-10-26-13-17)23(12-19-15-27-22-7-3-2-6-21(19)22)28-16-20-11-18-5-1-4-8-24(18)31-20/h1-8,11,15,17,23,26-28H,9-10,12-14,16H2,(H,29,30). The zero-order valence-corrected chi connectivity index (χ0v) is 17.5. The first-order chi connectivity index (χ1) is 15.3. The number of carbonyl (C=O) groups is 1. The van der Waals surface area contributed by atoms with Crippen LogP contribution in [-0.4, -0.2) is 36.6 Å². The van der Waals surface area contributed by atoms with E-state index < -0.39 is 0 Å². The van der Waals surface area contributed by atoms with Crippen LogP contribution >= 0.6 is 0 Å². The highest BCUT2D eigenvalue weighted by molar-refractivity contribution is 5.86. The monoisotopic (exact) mass is 416 g/mol. The maximum absolute atomic E-state index is 13.1. The molecule has 0 radical (unpaired) electrons. The first kappa shape index (κ1) is 19.8. The van der Waals surface area contributed by atoms with Gasteiger partial charge in [0.1, 0.15) is 11.3 Å². The minimum Gasteiger partial charge on any atom is -0.460 e. The molecule has 5 rings (SSSR count). The van der Waals surface area contributed by atoms with Crippen molar-refractivity contribution in [3.8, 4) is 0 Å². The van der Waals surface area contributed by atoms with Gasteiger partial charge in [0.25, 0.3) is 0 Å². The summed E-state index contributed by atoms with van der Waals surface area (Å²) in [6, 6.07) is 17.9. The van der Waals surface area contributed by atoms with Gasteiger partial charge in [0, 0.05) is 29.0 Å². The summed E-state index contributed by atoms with van der Waals surface area (Å²) < 4.78 is 5.94. The molecule has 1 amide bonds. The SMILES string of the molecule is O=C(NCC1CCNC1)C(Cc1c[nH]c2ccccc12)NCc1cc2ccccc2o1. The number of amides is 1. The number of H-pyrrole nitrogens is 1. The van der Waals surface area contributed by atoms with Crippen LogP contribution in [0, 0.1) is 5.92 Å². The number of furan rings is 1. The Kier molecular flexibility index (Phi) is 5.74. The molecule has 1 fully saturated rings. The second-order valence-electron chi connectivity index (χ2n) is 8.35. The van der Waals surface area contributed by atoms with E-state index in [0.717, 1.165) is 52.7 Å². The topological polar surface area (TPSA) is 82.1 Å². The Bertz CT molecular complexity index is 1140. The highest BCUT2D eigenvalue weighted by Gasteiger charge is 2.22. The fourth-order valence-electron chi connectivity index (χ4n) is 4.38. The minimum absolute atomic E-state index is 0.0355. The van der Waals surface area contributed by atoms with E-state index in [4.69, 9.17) is 4.42 Å². The number of rotatable bonds is 8. The van der Waals surface area contributed by atoms with Crippen molar-refractivity contribution in [3.05, 3.63) is 72.1 Å². The molecule has 0 saturated carbocycles. The van der Waals surface area contributed by atoms with Crippen LogP contribution in [0.3, 0.4) is 0 Å². The van der Waals surface area contributed by atoms with E-state index in [0.29, 0.717) is 25.4 Å². The summed E-state index contributed by atoms with van der Waals surface area (Å²) >= 11 is 0. The first-order valence-electron chi connectivity index (χ1n) is 11.0. The van der Waals surface area contributed by atoms with Crippen LogP contribution in [0.2, 0.25) is 0 Å². The highest BCUT2D eigenvalue weighted by Crippen LogP contribution is 2.21. The Morgan fingerprint density at radius 2 is 2.03 bits per heavy atom. The predicted octanol–water partition coefficient (Wildman–Crippen LogP) is 3.34. The van der Waals surface area contributed by atoms with Crippen LogP contribution < -0.4 is 16.0 Å². The van der Waals surface area contributed by atoms with Crippen LogP contribution in [-0.2, 0) is 17.8 Å². The number of nitrogens with one attached hydrogen (secondary N) is 4. The predicted molar refractivity (Wildman–Crippen MR) is 123 cm³/mol. The lowest BCUT2D eigenvalue weighted by Crippen LogP contribution is -2.46. The summed E-state index contributed by atoms with van der Waals surface area (Å²) in [5.74, 6) is 1.37. The van der Waals surface area contributed by atoms with Gasteiger partial charge in [-0.05, 0) is 55.6 Å². The third-order valence-electron chi connectivity index (χ3n) is 6.14. The molecule has 2 aromatic carbocycles. The molecule has 3 heterocycles. The summed E-state index contributed by atoms with van der Waals surface area (Å²) in [7, 11) is 0. The summed E-state index contributed by atoms with van der Waals surface area (Å²) in [5, 5.41) is 12.2.